The van der Waals surface area contributed by atoms with Crippen molar-refractivity contribution >= 4 is 14.6 Å². The Morgan fingerprint density at radius 3 is 2.26 bits per heavy atom. The molecule has 0 bridgehead atoms. The van der Waals surface area contributed by atoms with Crippen LogP contribution < -0.4 is 5.32 Å². The summed E-state index contributed by atoms with van der Waals surface area (Å²) in [6, 6.07) is 2.46. The van der Waals surface area contributed by atoms with Crippen molar-refractivity contribution in [2.24, 2.45) is 0 Å². The summed E-state index contributed by atoms with van der Waals surface area (Å²) in [6.07, 6.45) is -0.626. The van der Waals surface area contributed by atoms with Crippen molar-refractivity contribution in [3.05, 3.63) is 0 Å². The van der Waals surface area contributed by atoms with E-state index in [1.807, 2.05) is 0 Å². The quantitative estimate of drug-likeness (QED) is 0.390. The smallest absolute Gasteiger partial charge is 0.407 e. The number of alkyl carbamates (subject to hydrolysis) is 1. The van der Waals surface area contributed by atoms with Crippen LogP contribution in [0.2, 0.25) is 0 Å². The van der Waals surface area contributed by atoms with Crippen molar-refractivity contribution < 1.29 is 23.3 Å². The van der Waals surface area contributed by atoms with Crippen LogP contribution in [0.1, 0.15) is 54.9 Å². The number of nitrogens with zero attached hydrogens (tertiary/aromatic N) is 2. The van der Waals surface area contributed by atoms with Gasteiger partial charge in [0.2, 0.25) is 0 Å². The highest BCUT2D eigenvalue weighted by molar-refractivity contribution is 7.44. The van der Waals surface area contributed by atoms with Crippen LogP contribution in [0.4, 0.5) is 4.79 Å². The number of ether oxygens (including phenoxy) is 2. The van der Waals surface area contributed by atoms with E-state index in [9.17, 15) is 4.79 Å². The first-order valence-electron chi connectivity index (χ1n) is 9.22. The normalized spacial score (nSPS) is 14.3. The highest BCUT2D eigenvalue weighted by Gasteiger charge is 2.30. The molecule has 0 saturated carbocycles. The van der Waals surface area contributed by atoms with Crippen molar-refractivity contribution in [3.8, 4) is 6.07 Å². The first-order valence-corrected chi connectivity index (χ1v) is 10.4. The van der Waals surface area contributed by atoms with E-state index in [-0.39, 0.29) is 31.7 Å². The molecule has 0 aromatic heterocycles. The largest absolute Gasteiger partial charge is 0.444 e. The van der Waals surface area contributed by atoms with Gasteiger partial charge in [0.25, 0.3) is 8.53 Å². The molecule has 1 amide bonds. The lowest BCUT2D eigenvalue weighted by Crippen LogP contribution is -2.40. The number of rotatable bonds is 12. The maximum Gasteiger partial charge on any atom is 0.407 e. The van der Waals surface area contributed by atoms with Gasteiger partial charge in [-0.25, -0.2) is 9.46 Å². The van der Waals surface area contributed by atoms with Crippen LogP contribution in [0.15, 0.2) is 0 Å². The minimum Gasteiger partial charge on any atom is -0.444 e. The summed E-state index contributed by atoms with van der Waals surface area (Å²) in [7, 11) is 0.162. The van der Waals surface area contributed by atoms with E-state index in [4.69, 9.17) is 23.8 Å². The van der Waals surface area contributed by atoms with Gasteiger partial charge in [0.15, 0.2) is 0 Å². The fourth-order valence-corrected chi connectivity index (χ4v) is 3.94. The van der Waals surface area contributed by atoms with Crippen LogP contribution in [-0.2, 0) is 18.5 Å². The second-order valence-corrected chi connectivity index (χ2v) is 9.02. The lowest BCUT2D eigenvalue weighted by Gasteiger charge is -2.37. The first-order chi connectivity index (χ1) is 12.5. The Hall–Kier alpha value is -0.970. The molecule has 1 N–H and O–H groups in total. The number of hydrogen-bond donors (Lipinski definition) is 1. The second-order valence-electron chi connectivity index (χ2n) is 7.61. The number of carbonyl (C=O) groups is 1. The molecule has 0 saturated heterocycles. The minimum atomic E-state index is -1.41. The zero-order valence-electron chi connectivity index (χ0n) is 17.9. The van der Waals surface area contributed by atoms with Gasteiger partial charge in [-0.05, 0) is 48.5 Å². The van der Waals surface area contributed by atoms with Crippen LogP contribution in [0, 0.1) is 11.3 Å². The Morgan fingerprint density at radius 2 is 1.81 bits per heavy atom. The Balaban J connectivity index is 5.04. The summed E-state index contributed by atoms with van der Waals surface area (Å²) in [5, 5.41) is 11.5. The Kier molecular flexibility index (Phi) is 12.8. The van der Waals surface area contributed by atoms with E-state index < -0.39 is 26.3 Å². The van der Waals surface area contributed by atoms with E-state index in [1.54, 1.807) is 27.9 Å². The molecule has 0 aliphatic carbocycles. The number of hydrogen-bond acceptors (Lipinski definition) is 7. The summed E-state index contributed by atoms with van der Waals surface area (Å²) in [4.78, 5) is 11.9. The number of nitriles is 1. The molecule has 0 aromatic carbocycles. The van der Waals surface area contributed by atoms with Gasteiger partial charge in [-0.15, -0.1) is 0 Å². The highest BCUT2D eigenvalue weighted by Crippen LogP contribution is 2.47. The number of amides is 1. The van der Waals surface area contributed by atoms with Gasteiger partial charge in [-0.3, -0.25) is 0 Å². The molecule has 0 rings (SSSR count). The summed E-state index contributed by atoms with van der Waals surface area (Å²) >= 11 is 0. The lowest BCUT2D eigenvalue weighted by atomic mass is 10.2. The molecule has 0 aliphatic rings. The molecule has 9 heteroatoms. The van der Waals surface area contributed by atoms with Crippen molar-refractivity contribution in [1.82, 2.24) is 9.99 Å². The first kappa shape index (κ1) is 26.0. The predicted molar refractivity (Wildman–Crippen MR) is 106 cm³/mol. The van der Waals surface area contributed by atoms with Gasteiger partial charge < -0.3 is 23.8 Å². The second kappa shape index (κ2) is 13.2. The van der Waals surface area contributed by atoms with Crippen molar-refractivity contribution in [2.45, 2.75) is 78.7 Å². The number of nitrogens with one attached hydrogen (secondary N) is 1. The third-order valence-corrected chi connectivity index (χ3v) is 5.31. The summed E-state index contributed by atoms with van der Waals surface area (Å²) in [5.41, 5.74) is -0.569. The molecule has 2 atom stereocenters. The van der Waals surface area contributed by atoms with Gasteiger partial charge >= 0.3 is 6.09 Å². The molecule has 0 fully saturated rings. The van der Waals surface area contributed by atoms with Crippen LogP contribution in [0.5, 0.6) is 0 Å². The average Bonchev–Trinajstić information content (AvgIpc) is 2.50. The molecule has 8 nitrogen and oxygen atoms in total. The monoisotopic (exact) mass is 405 g/mol. The molecule has 0 aromatic rings. The maximum absolute atomic E-state index is 11.9. The predicted octanol–water partition coefficient (Wildman–Crippen LogP) is 3.82. The van der Waals surface area contributed by atoms with E-state index in [0.29, 0.717) is 6.61 Å². The molecule has 0 heterocycles. The van der Waals surface area contributed by atoms with Crippen molar-refractivity contribution in [2.75, 3.05) is 26.9 Å². The SMILES string of the molecule is COCC(CNC(=O)OC(C)(C)C)OP(OCCC#N)N(C(C)C)C(C)C. The standard InChI is InChI=1S/C18H36N3O5P/c1-14(2)21(15(3)4)27(24-11-9-10-19)26-16(13-23-8)12-20-17(22)25-18(5,6)7/h14-16H,9,11-13H2,1-8H3,(H,20,22). The summed E-state index contributed by atoms with van der Waals surface area (Å²) in [5.74, 6) is 0. The molecule has 158 valence electrons. The fraction of sp³-hybridized carbons (Fsp3) is 0.889. The Labute approximate surface area is 165 Å². The van der Waals surface area contributed by atoms with Gasteiger partial charge in [0, 0.05) is 25.7 Å². The molecule has 2 unspecified atom stereocenters. The topological polar surface area (TPSA) is 93.0 Å². The summed E-state index contributed by atoms with van der Waals surface area (Å²) < 4.78 is 24.7. The van der Waals surface area contributed by atoms with Crippen LogP contribution in [-0.4, -0.2) is 61.4 Å². The molecule has 27 heavy (non-hydrogen) atoms. The van der Waals surface area contributed by atoms with Gasteiger partial charge in [0.1, 0.15) is 11.7 Å². The maximum atomic E-state index is 11.9. The van der Waals surface area contributed by atoms with Crippen LogP contribution in [0.25, 0.3) is 0 Å². The molecule has 0 radical (unpaired) electrons. The third kappa shape index (κ3) is 12.2. The zero-order valence-corrected chi connectivity index (χ0v) is 18.8. The van der Waals surface area contributed by atoms with E-state index in [0.717, 1.165) is 0 Å². The summed E-state index contributed by atoms with van der Waals surface area (Å²) in [6.45, 7) is 14.5. The lowest BCUT2D eigenvalue weighted by molar-refractivity contribution is 0.0399. The molecule has 0 aliphatic heterocycles. The average molecular weight is 405 g/mol. The van der Waals surface area contributed by atoms with Crippen molar-refractivity contribution in [3.63, 3.8) is 0 Å². The van der Waals surface area contributed by atoms with Gasteiger partial charge in [-0.2, -0.15) is 5.26 Å². The minimum absolute atomic E-state index is 0.195. The Morgan fingerprint density at radius 1 is 1.22 bits per heavy atom. The van der Waals surface area contributed by atoms with E-state index >= 15 is 0 Å². The third-order valence-electron chi connectivity index (χ3n) is 3.13. The van der Waals surface area contributed by atoms with Crippen LogP contribution >= 0.6 is 8.53 Å². The zero-order chi connectivity index (χ0) is 21.0. The van der Waals surface area contributed by atoms with E-state index in [2.05, 4.69) is 43.8 Å². The molecule has 0 spiro atoms. The number of carbonyl (C=O) groups excluding carboxylic acids is 1. The van der Waals surface area contributed by atoms with Gasteiger partial charge in [0.05, 0.1) is 25.7 Å². The molecular weight excluding hydrogens is 369 g/mol. The van der Waals surface area contributed by atoms with Gasteiger partial charge in [-0.1, -0.05) is 0 Å². The highest BCUT2D eigenvalue weighted by atomic mass is 31.2. The molecular formula is C18H36N3O5P. The van der Waals surface area contributed by atoms with Crippen molar-refractivity contribution in [1.29, 1.82) is 5.26 Å². The number of methoxy groups -OCH3 is 1. The van der Waals surface area contributed by atoms with Crippen LogP contribution in [0.3, 0.4) is 0 Å². The Bertz CT molecular complexity index is 455. The van der Waals surface area contributed by atoms with E-state index in [1.165, 1.54) is 0 Å². The fourth-order valence-electron chi connectivity index (χ4n) is 2.25.